The number of carbonyl (C=O) groups is 1. The third-order valence-electron chi connectivity index (χ3n) is 3.15. The predicted octanol–water partition coefficient (Wildman–Crippen LogP) is 2.48. The van der Waals surface area contributed by atoms with E-state index in [4.69, 9.17) is 10.5 Å². The van der Waals surface area contributed by atoms with Crippen molar-refractivity contribution in [3.05, 3.63) is 54.1 Å². The fourth-order valence-corrected chi connectivity index (χ4v) is 1.91. The van der Waals surface area contributed by atoms with Crippen LogP contribution in [0.25, 0.3) is 0 Å². The number of ether oxygens (including phenoxy) is 1. The van der Waals surface area contributed by atoms with E-state index in [2.05, 4.69) is 0 Å². The highest BCUT2D eigenvalue weighted by atomic mass is 16.5. The van der Waals surface area contributed by atoms with E-state index in [1.807, 2.05) is 36.4 Å². The van der Waals surface area contributed by atoms with Crippen LogP contribution in [0, 0.1) is 0 Å². The first-order valence-corrected chi connectivity index (χ1v) is 6.35. The molecule has 0 aliphatic carbocycles. The SMILES string of the molecule is COc1ccc(CC(=O)N(C)c2cccc(N)c2)cc1. The number of likely N-dealkylation sites (N-methyl/N-ethyl adjacent to an activating group) is 1. The molecule has 0 unspecified atom stereocenters. The van der Waals surface area contributed by atoms with E-state index >= 15 is 0 Å². The molecule has 0 aliphatic heterocycles. The third-order valence-corrected chi connectivity index (χ3v) is 3.15. The predicted molar refractivity (Wildman–Crippen MR) is 81.0 cm³/mol. The first-order valence-electron chi connectivity index (χ1n) is 6.35. The Kier molecular flexibility index (Phi) is 4.25. The zero-order valence-electron chi connectivity index (χ0n) is 11.7. The molecule has 0 atom stereocenters. The lowest BCUT2D eigenvalue weighted by molar-refractivity contribution is -0.117. The van der Waals surface area contributed by atoms with E-state index in [0.717, 1.165) is 17.0 Å². The highest BCUT2D eigenvalue weighted by Crippen LogP contribution is 2.18. The number of hydrogen-bond donors (Lipinski definition) is 1. The Labute approximate surface area is 118 Å². The van der Waals surface area contributed by atoms with Crippen LogP contribution in [0.3, 0.4) is 0 Å². The van der Waals surface area contributed by atoms with Crippen molar-refractivity contribution >= 4 is 17.3 Å². The Morgan fingerprint density at radius 3 is 2.50 bits per heavy atom. The quantitative estimate of drug-likeness (QED) is 0.868. The minimum absolute atomic E-state index is 0.0146. The summed E-state index contributed by atoms with van der Waals surface area (Å²) in [6, 6.07) is 14.8. The second-order valence-electron chi connectivity index (χ2n) is 4.57. The average Bonchev–Trinajstić information content (AvgIpc) is 2.47. The molecule has 20 heavy (non-hydrogen) atoms. The highest BCUT2D eigenvalue weighted by Gasteiger charge is 2.11. The van der Waals surface area contributed by atoms with E-state index in [-0.39, 0.29) is 5.91 Å². The second-order valence-corrected chi connectivity index (χ2v) is 4.57. The standard InChI is InChI=1S/C16H18N2O2/c1-18(14-5-3-4-13(17)11-14)16(19)10-12-6-8-15(20-2)9-7-12/h3-9,11H,10,17H2,1-2H3. The lowest BCUT2D eigenvalue weighted by atomic mass is 10.1. The molecule has 2 rings (SSSR count). The van der Waals surface area contributed by atoms with Crippen LogP contribution in [-0.2, 0) is 11.2 Å². The second kappa shape index (κ2) is 6.10. The van der Waals surface area contributed by atoms with Gasteiger partial charge in [-0.25, -0.2) is 0 Å². The number of nitrogens with zero attached hydrogens (tertiary/aromatic N) is 1. The van der Waals surface area contributed by atoms with E-state index < -0.39 is 0 Å². The van der Waals surface area contributed by atoms with Crippen LogP contribution in [0.15, 0.2) is 48.5 Å². The van der Waals surface area contributed by atoms with Crippen LogP contribution in [0.5, 0.6) is 5.75 Å². The lowest BCUT2D eigenvalue weighted by Crippen LogP contribution is -2.27. The molecule has 2 N–H and O–H groups in total. The summed E-state index contributed by atoms with van der Waals surface area (Å²) in [5, 5.41) is 0. The minimum atomic E-state index is 0.0146. The zero-order valence-corrected chi connectivity index (χ0v) is 11.7. The Morgan fingerprint density at radius 1 is 1.20 bits per heavy atom. The molecule has 0 aromatic heterocycles. The van der Waals surface area contributed by atoms with Gasteiger partial charge in [0, 0.05) is 18.4 Å². The molecule has 0 radical (unpaired) electrons. The van der Waals surface area contributed by atoms with Crippen LogP contribution >= 0.6 is 0 Å². The molecule has 4 nitrogen and oxygen atoms in total. The number of hydrogen-bond acceptors (Lipinski definition) is 3. The fourth-order valence-electron chi connectivity index (χ4n) is 1.91. The molecule has 0 fully saturated rings. The normalized spacial score (nSPS) is 10.1. The zero-order chi connectivity index (χ0) is 14.5. The lowest BCUT2D eigenvalue weighted by Gasteiger charge is -2.17. The summed E-state index contributed by atoms with van der Waals surface area (Å²) in [4.78, 5) is 13.8. The van der Waals surface area contributed by atoms with Crippen LogP contribution < -0.4 is 15.4 Å². The van der Waals surface area contributed by atoms with Gasteiger partial charge in [0.15, 0.2) is 0 Å². The van der Waals surface area contributed by atoms with Crippen molar-refractivity contribution in [2.45, 2.75) is 6.42 Å². The van der Waals surface area contributed by atoms with Crippen molar-refractivity contribution < 1.29 is 9.53 Å². The number of benzene rings is 2. The van der Waals surface area contributed by atoms with Crippen molar-refractivity contribution in [1.82, 2.24) is 0 Å². The van der Waals surface area contributed by atoms with Crippen molar-refractivity contribution in [3.8, 4) is 5.75 Å². The van der Waals surface area contributed by atoms with Crippen molar-refractivity contribution in [3.63, 3.8) is 0 Å². The smallest absolute Gasteiger partial charge is 0.231 e. The van der Waals surface area contributed by atoms with Gasteiger partial charge in [-0.3, -0.25) is 4.79 Å². The minimum Gasteiger partial charge on any atom is -0.497 e. The summed E-state index contributed by atoms with van der Waals surface area (Å²) in [6.07, 6.45) is 0.343. The first kappa shape index (κ1) is 13.9. The van der Waals surface area contributed by atoms with Crippen LogP contribution in [0.1, 0.15) is 5.56 Å². The van der Waals surface area contributed by atoms with Crippen LogP contribution in [0.2, 0.25) is 0 Å². The molecular weight excluding hydrogens is 252 g/mol. The van der Waals surface area contributed by atoms with E-state index in [1.54, 1.807) is 31.2 Å². The Morgan fingerprint density at radius 2 is 1.90 bits per heavy atom. The fraction of sp³-hybridized carbons (Fsp3) is 0.188. The van der Waals surface area contributed by atoms with Crippen molar-refractivity contribution in [1.29, 1.82) is 0 Å². The summed E-state index contributed by atoms with van der Waals surface area (Å²) in [7, 11) is 3.37. The van der Waals surface area contributed by atoms with Gasteiger partial charge in [0.05, 0.1) is 13.5 Å². The van der Waals surface area contributed by atoms with Gasteiger partial charge in [0.2, 0.25) is 5.91 Å². The van der Waals surface area contributed by atoms with Gasteiger partial charge in [0.1, 0.15) is 5.75 Å². The Hall–Kier alpha value is -2.49. The molecule has 0 aliphatic rings. The molecular formula is C16H18N2O2. The number of amides is 1. The van der Waals surface area contributed by atoms with Gasteiger partial charge >= 0.3 is 0 Å². The molecule has 4 heteroatoms. The summed E-state index contributed by atoms with van der Waals surface area (Å²) >= 11 is 0. The van der Waals surface area contributed by atoms with Crippen molar-refractivity contribution in [2.24, 2.45) is 0 Å². The third kappa shape index (κ3) is 3.29. The average molecular weight is 270 g/mol. The maximum atomic E-state index is 12.2. The molecule has 0 spiro atoms. The molecule has 1 amide bonds. The van der Waals surface area contributed by atoms with Gasteiger partial charge in [-0.15, -0.1) is 0 Å². The first-order chi connectivity index (χ1) is 9.60. The summed E-state index contributed by atoms with van der Waals surface area (Å²) in [5.74, 6) is 0.797. The monoisotopic (exact) mass is 270 g/mol. The maximum absolute atomic E-state index is 12.2. The summed E-state index contributed by atoms with van der Waals surface area (Å²) < 4.78 is 5.09. The Bertz CT molecular complexity index is 594. The molecule has 0 saturated heterocycles. The van der Waals surface area contributed by atoms with Gasteiger partial charge in [-0.2, -0.15) is 0 Å². The summed E-state index contributed by atoms with van der Waals surface area (Å²) in [6.45, 7) is 0. The number of methoxy groups -OCH3 is 1. The molecule has 2 aromatic rings. The summed E-state index contributed by atoms with van der Waals surface area (Å²) in [5.41, 5.74) is 8.12. The topological polar surface area (TPSA) is 55.6 Å². The van der Waals surface area contributed by atoms with Gasteiger partial charge in [-0.1, -0.05) is 18.2 Å². The van der Waals surface area contributed by atoms with Crippen LogP contribution in [-0.4, -0.2) is 20.1 Å². The molecule has 0 bridgehead atoms. The van der Waals surface area contributed by atoms with E-state index in [1.165, 1.54) is 0 Å². The molecule has 2 aromatic carbocycles. The number of anilines is 2. The highest BCUT2D eigenvalue weighted by molar-refractivity contribution is 5.94. The largest absolute Gasteiger partial charge is 0.497 e. The van der Waals surface area contributed by atoms with Crippen molar-refractivity contribution in [2.75, 3.05) is 24.8 Å². The maximum Gasteiger partial charge on any atom is 0.231 e. The number of carbonyl (C=O) groups excluding carboxylic acids is 1. The molecule has 104 valence electrons. The van der Waals surface area contributed by atoms with E-state index in [9.17, 15) is 4.79 Å². The van der Waals surface area contributed by atoms with Crippen LogP contribution in [0.4, 0.5) is 11.4 Å². The number of nitrogen functional groups attached to an aromatic ring is 1. The number of nitrogens with two attached hydrogens (primary N) is 1. The van der Waals surface area contributed by atoms with Gasteiger partial charge < -0.3 is 15.4 Å². The Balaban J connectivity index is 2.07. The molecule has 0 heterocycles. The number of rotatable bonds is 4. The van der Waals surface area contributed by atoms with Gasteiger partial charge in [-0.05, 0) is 35.9 Å². The van der Waals surface area contributed by atoms with E-state index in [0.29, 0.717) is 12.1 Å². The molecule has 0 saturated carbocycles. The van der Waals surface area contributed by atoms with Gasteiger partial charge in [0.25, 0.3) is 0 Å².